The Hall–Kier alpha value is -3.62. The summed E-state index contributed by atoms with van der Waals surface area (Å²) in [7, 11) is 0. The smallest absolute Gasteiger partial charge is 0.333 e. The third-order valence-electron chi connectivity index (χ3n) is 9.92. The molecule has 2 aromatic carbocycles. The van der Waals surface area contributed by atoms with Crippen LogP contribution in [0.15, 0.2) is 54.6 Å². The topological polar surface area (TPSA) is 112 Å². The zero-order valence-corrected chi connectivity index (χ0v) is 31.6. The van der Waals surface area contributed by atoms with E-state index in [1.165, 1.54) is 62.5 Å². The van der Waals surface area contributed by atoms with Crippen molar-refractivity contribution in [2.45, 2.75) is 111 Å². The van der Waals surface area contributed by atoms with Gasteiger partial charge < -0.3 is 29.2 Å². The molecule has 2 N–H and O–H groups in total. The lowest BCUT2D eigenvalue weighted by molar-refractivity contribution is -0.140. The molecule has 0 bridgehead atoms. The van der Waals surface area contributed by atoms with Crippen LogP contribution in [-0.4, -0.2) is 61.8 Å². The van der Waals surface area contributed by atoms with Gasteiger partial charge in [-0.2, -0.15) is 0 Å². The van der Waals surface area contributed by atoms with Crippen molar-refractivity contribution in [3.05, 3.63) is 71.3 Å². The Labute approximate surface area is 306 Å². The Morgan fingerprint density at radius 3 is 1.96 bits per heavy atom. The van der Waals surface area contributed by atoms with E-state index in [-0.39, 0.29) is 45.6 Å². The molecule has 0 heterocycles. The quantitative estimate of drug-likeness (QED) is 0.0671. The van der Waals surface area contributed by atoms with Crippen molar-refractivity contribution in [2.75, 3.05) is 39.6 Å². The van der Waals surface area contributed by atoms with Gasteiger partial charge in [0.05, 0.1) is 0 Å². The third kappa shape index (κ3) is 13.5. The molecule has 1 fully saturated rings. The van der Waals surface area contributed by atoms with Gasteiger partial charge in [-0.3, -0.25) is 0 Å². The second-order valence-electron chi connectivity index (χ2n) is 14.1. The average molecular weight is 707 g/mol. The lowest BCUT2D eigenvalue weighted by Crippen LogP contribution is -2.15. The molecular weight excluding hydrogens is 644 g/mol. The molecule has 3 rings (SSSR count). The number of hydrogen-bond acceptors (Lipinski definition) is 8. The van der Waals surface area contributed by atoms with Gasteiger partial charge in [0.25, 0.3) is 0 Å². The molecule has 8 nitrogen and oxygen atoms in total. The number of aliphatic hydroxyl groups is 2. The van der Waals surface area contributed by atoms with Crippen molar-refractivity contribution in [3.63, 3.8) is 0 Å². The van der Waals surface area contributed by atoms with Crippen molar-refractivity contribution in [1.82, 2.24) is 0 Å². The number of benzene rings is 2. The van der Waals surface area contributed by atoms with Crippen LogP contribution in [-0.2, 0) is 31.9 Å². The molecule has 1 aliphatic carbocycles. The zero-order chi connectivity index (χ0) is 37.2. The maximum atomic E-state index is 12.0. The Bertz CT molecular complexity index is 1420. The molecule has 0 atom stereocenters. The Morgan fingerprint density at radius 1 is 0.765 bits per heavy atom. The largest absolute Gasteiger partial charge is 0.490 e. The summed E-state index contributed by atoms with van der Waals surface area (Å²) < 4.78 is 23.2. The number of unbranched alkanes of at least 4 members (excludes halogenated alkanes) is 2. The van der Waals surface area contributed by atoms with E-state index in [4.69, 9.17) is 18.9 Å². The van der Waals surface area contributed by atoms with Gasteiger partial charge in [0, 0.05) is 35.8 Å². The van der Waals surface area contributed by atoms with E-state index in [1.807, 2.05) is 12.1 Å². The summed E-state index contributed by atoms with van der Waals surface area (Å²) in [6, 6.07) is 10.8. The van der Waals surface area contributed by atoms with E-state index in [0.29, 0.717) is 47.8 Å². The van der Waals surface area contributed by atoms with Crippen LogP contribution in [0.2, 0.25) is 0 Å². The van der Waals surface area contributed by atoms with Crippen LogP contribution in [0.3, 0.4) is 0 Å². The number of rotatable bonds is 23. The normalized spacial score (nSPS) is 15.7. The molecule has 0 aliphatic heterocycles. The Balaban J connectivity index is 1.95. The summed E-state index contributed by atoms with van der Waals surface area (Å²) in [4.78, 5) is 24.0. The molecule has 1 saturated carbocycles. The van der Waals surface area contributed by atoms with Crippen molar-refractivity contribution in [2.24, 2.45) is 11.8 Å². The molecule has 8 heteroatoms. The minimum Gasteiger partial charge on any atom is -0.490 e. The van der Waals surface area contributed by atoms with E-state index in [0.717, 1.165) is 29.0 Å². The molecule has 0 amide bonds. The fraction of sp³-hybridized carbons (Fsp3) is 0.581. The second-order valence-corrected chi connectivity index (χ2v) is 14.1. The summed E-state index contributed by atoms with van der Waals surface area (Å²) >= 11 is 0. The first-order valence-corrected chi connectivity index (χ1v) is 19.0. The fourth-order valence-electron chi connectivity index (χ4n) is 6.79. The highest BCUT2D eigenvalue weighted by atomic mass is 16.6. The second kappa shape index (κ2) is 22.3. The van der Waals surface area contributed by atoms with Gasteiger partial charge in [-0.05, 0) is 111 Å². The predicted octanol–water partition coefficient (Wildman–Crippen LogP) is 8.69. The summed E-state index contributed by atoms with van der Waals surface area (Å²) in [6.07, 6.45) is 13.1. The number of carbonyl (C=O) groups is 2. The number of aryl methyl sites for hydroxylation is 2. The fourth-order valence-corrected chi connectivity index (χ4v) is 6.79. The first-order chi connectivity index (χ1) is 24.6. The van der Waals surface area contributed by atoms with Crippen LogP contribution in [0, 0.1) is 11.8 Å². The summed E-state index contributed by atoms with van der Waals surface area (Å²) in [6.45, 7) is 15.2. The summed E-state index contributed by atoms with van der Waals surface area (Å²) in [5, 5.41) is 19.2. The maximum Gasteiger partial charge on any atom is 0.333 e. The first-order valence-electron chi connectivity index (χ1n) is 19.0. The first kappa shape index (κ1) is 41.8. The molecule has 2 aromatic rings. The van der Waals surface area contributed by atoms with Crippen molar-refractivity contribution < 1.29 is 38.7 Å². The molecule has 0 aromatic heterocycles. The molecule has 1 aliphatic rings. The van der Waals surface area contributed by atoms with Crippen LogP contribution in [0.25, 0.3) is 11.1 Å². The van der Waals surface area contributed by atoms with Gasteiger partial charge >= 0.3 is 11.9 Å². The monoisotopic (exact) mass is 706 g/mol. The van der Waals surface area contributed by atoms with Crippen LogP contribution >= 0.6 is 0 Å². The molecule has 0 saturated heterocycles. The van der Waals surface area contributed by atoms with E-state index < -0.39 is 11.9 Å². The van der Waals surface area contributed by atoms with Crippen molar-refractivity contribution >= 4 is 11.9 Å². The van der Waals surface area contributed by atoms with E-state index >= 15 is 0 Å². The highest BCUT2D eigenvalue weighted by Gasteiger charge is 2.24. The van der Waals surface area contributed by atoms with Gasteiger partial charge in [0.1, 0.15) is 37.9 Å². The van der Waals surface area contributed by atoms with Gasteiger partial charge in [0.2, 0.25) is 0 Å². The highest BCUT2D eigenvalue weighted by molar-refractivity contribution is 5.87. The van der Waals surface area contributed by atoms with Gasteiger partial charge in [-0.15, -0.1) is 0 Å². The van der Waals surface area contributed by atoms with E-state index in [9.17, 15) is 19.8 Å². The standard InChI is InChI=1S/C43H62O8/c1-7-9-10-12-32-15-17-35(18-16-32)36-19-20-38(34(8-2)25-36)39-27-40(48-21-23-50-42(46)30(3)4)37(14-11-13-33(28-44)29-45)26-41(39)49-22-24-51-43(47)31(5)6/h19-20,25-27,32-33,35,44-45H,3,5,7-18,21-24,28-29H2,1-2,4,6H3. The van der Waals surface area contributed by atoms with E-state index in [2.05, 4.69) is 45.2 Å². The number of esters is 2. The minimum atomic E-state index is -0.465. The number of aliphatic hydroxyl groups excluding tert-OH is 2. The van der Waals surface area contributed by atoms with Crippen molar-refractivity contribution in [1.29, 1.82) is 0 Å². The highest BCUT2D eigenvalue weighted by Crippen LogP contribution is 2.42. The van der Waals surface area contributed by atoms with Crippen LogP contribution < -0.4 is 9.47 Å². The molecule has 0 radical (unpaired) electrons. The van der Waals surface area contributed by atoms with Gasteiger partial charge in [-0.1, -0.05) is 70.9 Å². The van der Waals surface area contributed by atoms with Crippen LogP contribution in [0.1, 0.15) is 115 Å². The van der Waals surface area contributed by atoms with Crippen LogP contribution in [0.5, 0.6) is 11.5 Å². The lowest BCUT2D eigenvalue weighted by Gasteiger charge is -2.29. The minimum absolute atomic E-state index is 0.0691. The molecule has 51 heavy (non-hydrogen) atoms. The maximum absolute atomic E-state index is 12.0. The zero-order valence-electron chi connectivity index (χ0n) is 31.6. The molecular formula is C43H62O8. The van der Waals surface area contributed by atoms with Crippen molar-refractivity contribution in [3.8, 4) is 22.6 Å². The molecule has 0 unspecified atom stereocenters. The number of hydrogen-bond donors (Lipinski definition) is 2. The van der Waals surface area contributed by atoms with E-state index in [1.54, 1.807) is 13.8 Å². The van der Waals surface area contributed by atoms with Gasteiger partial charge in [0.15, 0.2) is 0 Å². The average Bonchev–Trinajstić information content (AvgIpc) is 3.13. The number of carbonyl (C=O) groups excluding carboxylic acids is 2. The summed E-state index contributed by atoms with van der Waals surface area (Å²) in [5.74, 6) is 1.59. The van der Waals surface area contributed by atoms with Crippen LogP contribution in [0.4, 0.5) is 0 Å². The predicted molar refractivity (Wildman–Crippen MR) is 203 cm³/mol. The third-order valence-corrected chi connectivity index (χ3v) is 9.92. The molecule has 0 spiro atoms. The Morgan fingerprint density at radius 2 is 1.39 bits per heavy atom. The lowest BCUT2D eigenvalue weighted by atomic mass is 9.76. The number of ether oxygens (including phenoxy) is 4. The molecule has 282 valence electrons. The Kier molecular flexibility index (Phi) is 18.3. The van der Waals surface area contributed by atoms with Gasteiger partial charge in [-0.25, -0.2) is 9.59 Å². The summed E-state index contributed by atoms with van der Waals surface area (Å²) in [5.41, 5.74) is 6.07. The SMILES string of the molecule is C=C(C)C(=O)OCCOc1cc(-c2ccc(C3CCC(CCCCC)CC3)cc2CC)c(OCCOC(=O)C(=C)C)cc1CCCC(CO)CO.